The van der Waals surface area contributed by atoms with Crippen molar-refractivity contribution in [2.45, 2.75) is 59.0 Å². The van der Waals surface area contributed by atoms with E-state index in [2.05, 4.69) is 6.92 Å². The molecule has 0 N–H and O–H groups in total. The second kappa shape index (κ2) is 6.23. The Labute approximate surface area is 116 Å². The highest BCUT2D eigenvalue weighted by atomic mass is 16.5. The zero-order chi connectivity index (χ0) is 13.8. The Morgan fingerprint density at radius 3 is 2.21 bits per heavy atom. The Bertz CT molecular complexity index is 420. The number of rotatable bonds is 4. The number of aldehydes is 1. The molecule has 1 aromatic rings. The first-order chi connectivity index (χ1) is 9.13. The fourth-order valence-electron chi connectivity index (χ4n) is 3.06. The van der Waals surface area contributed by atoms with Crippen LogP contribution in [0.25, 0.3) is 0 Å². The molecule has 0 radical (unpaired) electrons. The minimum Gasteiger partial charge on any atom is -0.490 e. The molecule has 2 heteroatoms. The molecule has 1 aliphatic carbocycles. The normalized spacial score (nSPS) is 23.1. The van der Waals surface area contributed by atoms with E-state index in [1.807, 2.05) is 26.0 Å². The van der Waals surface area contributed by atoms with E-state index in [-0.39, 0.29) is 0 Å². The Morgan fingerprint density at radius 2 is 1.74 bits per heavy atom. The van der Waals surface area contributed by atoms with Gasteiger partial charge in [0.25, 0.3) is 0 Å². The lowest BCUT2D eigenvalue weighted by Crippen LogP contribution is -2.24. The Morgan fingerprint density at radius 1 is 1.16 bits per heavy atom. The van der Waals surface area contributed by atoms with Crippen molar-refractivity contribution >= 4 is 6.29 Å². The van der Waals surface area contributed by atoms with Crippen molar-refractivity contribution in [1.82, 2.24) is 0 Å². The number of benzene rings is 1. The topological polar surface area (TPSA) is 26.3 Å². The van der Waals surface area contributed by atoms with Gasteiger partial charge in [-0.2, -0.15) is 0 Å². The summed E-state index contributed by atoms with van der Waals surface area (Å²) in [7, 11) is 0. The smallest absolute Gasteiger partial charge is 0.150 e. The molecule has 1 aliphatic rings. The van der Waals surface area contributed by atoms with Gasteiger partial charge in [-0.3, -0.25) is 4.79 Å². The molecule has 0 unspecified atom stereocenters. The predicted octanol–water partition coefficient (Wildman–Crippen LogP) is 4.46. The van der Waals surface area contributed by atoms with Crippen molar-refractivity contribution < 1.29 is 9.53 Å². The van der Waals surface area contributed by atoms with E-state index in [4.69, 9.17) is 4.74 Å². The highest BCUT2D eigenvalue weighted by molar-refractivity contribution is 5.76. The summed E-state index contributed by atoms with van der Waals surface area (Å²) >= 11 is 0. The number of carbonyl (C=O) groups excluding carboxylic acids is 1. The lowest BCUT2D eigenvalue weighted by atomic mass is 9.86. The van der Waals surface area contributed by atoms with Crippen molar-refractivity contribution in [3.63, 3.8) is 0 Å². The molecule has 0 saturated heterocycles. The first-order valence-electron chi connectivity index (χ1n) is 7.37. The number of aryl methyl sites for hydroxylation is 2. The molecule has 1 saturated carbocycles. The maximum absolute atomic E-state index is 10.8. The molecule has 19 heavy (non-hydrogen) atoms. The van der Waals surface area contributed by atoms with E-state index in [0.29, 0.717) is 6.10 Å². The summed E-state index contributed by atoms with van der Waals surface area (Å²) in [5.41, 5.74) is 2.87. The Hall–Kier alpha value is -1.31. The minimum absolute atomic E-state index is 0.349. The molecule has 0 atom stereocenters. The van der Waals surface area contributed by atoms with Crippen LogP contribution < -0.4 is 4.74 Å². The molecule has 2 rings (SSSR count). The van der Waals surface area contributed by atoms with Crippen molar-refractivity contribution in [2.24, 2.45) is 5.92 Å². The Kier molecular flexibility index (Phi) is 4.62. The summed E-state index contributed by atoms with van der Waals surface area (Å²) in [6.45, 7) is 6.32. The lowest BCUT2D eigenvalue weighted by molar-refractivity contribution is 0.112. The van der Waals surface area contributed by atoms with Crippen LogP contribution in [0.5, 0.6) is 5.75 Å². The number of hydrogen-bond donors (Lipinski definition) is 0. The van der Waals surface area contributed by atoms with E-state index >= 15 is 0 Å². The van der Waals surface area contributed by atoms with Crippen molar-refractivity contribution in [2.75, 3.05) is 0 Å². The Balaban J connectivity index is 2.05. The summed E-state index contributed by atoms with van der Waals surface area (Å²) < 4.78 is 6.19. The van der Waals surface area contributed by atoms with Crippen molar-refractivity contribution in [1.29, 1.82) is 0 Å². The van der Waals surface area contributed by atoms with E-state index in [0.717, 1.165) is 47.5 Å². The van der Waals surface area contributed by atoms with Gasteiger partial charge in [0.2, 0.25) is 0 Å². The van der Waals surface area contributed by atoms with Gasteiger partial charge in [-0.1, -0.05) is 13.3 Å². The van der Waals surface area contributed by atoms with Crippen LogP contribution in [0.4, 0.5) is 0 Å². The average molecular weight is 260 g/mol. The van der Waals surface area contributed by atoms with Crippen LogP contribution in [-0.2, 0) is 0 Å². The van der Waals surface area contributed by atoms with Gasteiger partial charge in [-0.15, -0.1) is 0 Å². The molecule has 1 fully saturated rings. The quantitative estimate of drug-likeness (QED) is 0.747. The zero-order valence-corrected chi connectivity index (χ0v) is 12.2. The molecule has 0 bridgehead atoms. The molecule has 0 spiro atoms. The standard InChI is InChI=1S/C17H24O2/c1-4-14-5-7-16(8-6-14)19-17-12(2)9-15(11-18)10-13(17)3/h9-11,14,16H,4-8H2,1-3H3. The predicted molar refractivity (Wildman–Crippen MR) is 78.0 cm³/mol. The van der Waals surface area contributed by atoms with Crippen LogP contribution in [0.1, 0.15) is 60.5 Å². The number of carbonyl (C=O) groups is 1. The fraction of sp³-hybridized carbons (Fsp3) is 0.588. The number of ether oxygens (including phenoxy) is 1. The van der Waals surface area contributed by atoms with Crippen molar-refractivity contribution in [3.05, 3.63) is 28.8 Å². The third kappa shape index (κ3) is 3.37. The van der Waals surface area contributed by atoms with Gasteiger partial charge in [0.1, 0.15) is 12.0 Å². The second-order valence-electron chi connectivity index (χ2n) is 5.77. The molecule has 2 nitrogen and oxygen atoms in total. The van der Waals surface area contributed by atoms with Gasteiger partial charge in [0.15, 0.2) is 0 Å². The van der Waals surface area contributed by atoms with E-state index in [1.165, 1.54) is 19.3 Å². The molecule has 0 aromatic heterocycles. The largest absolute Gasteiger partial charge is 0.490 e. The SMILES string of the molecule is CCC1CCC(Oc2c(C)cc(C=O)cc2C)CC1. The third-order valence-corrected chi connectivity index (χ3v) is 4.27. The van der Waals surface area contributed by atoms with Crippen LogP contribution in [0, 0.1) is 19.8 Å². The maximum Gasteiger partial charge on any atom is 0.150 e. The summed E-state index contributed by atoms with van der Waals surface area (Å²) in [5.74, 6) is 1.87. The molecule has 104 valence electrons. The lowest BCUT2D eigenvalue weighted by Gasteiger charge is -2.29. The molecule has 0 amide bonds. The highest BCUT2D eigenvalue weighted by Gasteiger charge is 2.22. The van der Waals surface area contributed by atoms with Crippen LogP contribution in [-0.4, -0.2) is 12.4 Å². The monoisotopic (exact) mass is 260 g/mol. The van der Waals surface area contributed by atoms with Gasteiger partial charge >= 0.3 is 0 Å². The second-order valence-corrected chi connectivity index (χ2v) is 5.77. The molecular weight excluding hydrogens is 236 g/mol. The van der Waals surface area contributed by atoms with Crippen molar-refractivity contribution in [3.8, 4) is 5.75 Å². The van der Waals surface area contributed by atoms with Gasteiger partial charge < -0.3 is 4.74 Å². The van der Waals surface area contributed by atoms with Crippen LogP contribution in [0.15, 0.2) is 12.1 Å². The number of hydrogen-bond acceptors (Lipinski definition) is 2. The van der Waals surface area contributed by atoms with Gasteiger partial charge in [0, 0.05) is 5.56 Å². The minimum atomic E-state index is 0.349. The summed E-state index contributed by atoms with van der Waals surface area (Å²) in [6.07, 6.45) is 7.42. The molecular formula is C17H24O2. The first kappa shape index (κ1) is 14.1. The maximum atomic E-state index is 10.8. The molecule has 1 aromatic carbocycles. The van der Waals surface area contributed by atoms with E-state index in [9.17, 15) is 4.79 Å². The molecule has 0 heterocycles. The van der Waals surface area contributed by atoms with Gasteiger partial charge in [-0.05, 0) is 68.7 Å². The highest BCUT2D eigenvalue weighted by Crippen LogP contribution is 2.32. The van der Waals surface area contributed by atoms with Crippen LogP contribution in [0.2, 0.25) is 0 Å². The summed E-state index contributed by atoms with van der Waals surface area (Å²) in [5, 5.41) is 0. The summed E-state index contributed by atoms with van der Waals surface area (Å²) in [4.78, 5) is 10.8. The summed E-state index contributed by atoms with van der Waals surface area (Å²) in [6, 6.07) is 3.82. The van der Waals surface area contributed by atoms with E-state index < -0.39 is 0 Å². The fourth-order valence-corrected chi connectivity index (χ4v) is 3.06. The van der Waals surface area contributed by atoms with Crippen LogP contribution >= 0.6 is 0 Å². The van der Waals surface area contributed by atoms with Crippen LogP contribution in [0.3, 0.4) is 0 Å². The third-order valence-electron chi connectivity index (χ3n) is 4.27. The zero-order valence-electron chi connectivity index (χ0n) is 12.2. The van der Waals surface area contributed by atoms with E-state index in [1.54, 1.807) is 0 Å². The van der Waals surface area contributed by atoms with Gasteiger partial charge in [0.05, 0.1) is 6.10 Å². The molecule has 0 aliphatic heterocycles. The average Bonchev–Trinajstić information content (AvgIpc) is 2.43. The first-order valence-corrected chi connectivity index (χ1v) is 7.37. The van der Waals surface area contributed by atoms with Gasteiger partial charge in [-0.25, -0.2) is 0 Å².